The van der Waals surface area contributed by atoms with Crippen molar-refractivity contribution in [1.29, 1.82) is 0 Å². The van der Waals surface area contributed by atoms with Crippen molar-refractivity contribution in [3.8, 4) is 0 Å². The lowest BCUT2D eigenvalue weighted by Gasteiger charge is -2.44. The summed E-state index contributed by atoms with van der Waals surface area (Å²) >= 11 is 1.34. The molecule has 2 aliphatic heterocycles. The first-order valence-corrected chi connectivity index (χ1v) is 9.96. The molecule has 2 bridgehead atoms. The van der Waals surface area contributed by atoms with Crippen LogP contribution in [-0.2, 0) is 15.7 Å². The number of aromatic nitrogens is 1. The summed E-state index contributed by atoms with van der Waals surface area (Å²) in [5.74, 6) is -0.689. The number of nitrogens with two attached hydrogens (primary N) is 1. The molecule has 11 heteroatoms. The zero-order chi connectivity index (χ0) is 23.0. The summed E-state index contributed by atoms with van der Waals surface area (Å²) in [4.78, 5) is 20.2. The number of hydrogen-bond acceptors (Lipinski definition) is 5. The summed E-state index contributed by atoms with van der Waals surface area (Å²) in [6.45, 7) is 1.69. The number of pyridine rings is 1. The van der Waals surface area contributed by atoms with Gasteiger partial charge < -0.3 is 11.1 Å². The molecule has 3 aliphatic rings. The van der Waals surface area contributed by atoms with Gasteiger partial charge in [-0.3, -0.25) is 14.8 Å². The van der Waals surface area contributed by atoms with Crippen LogP contribution >= 0.6 is 11.8 Å². The van der Waals surface area contributed by atoms with Crippen LogP contribution in [0.25, 0.3) is 0 Å². The van der Waals surface area contributed by atoms with Gasteiger partial charge in [0, 0.05) is 18.1 Å². The second kappa shape index (κ2) is 8.45. The van der Waals surface area contributed by atoms with Gasteiger partial charge in [-0.1, -0.05) is 6.08 Å². The van der Waals surface area contributed by atoms with Crippen molar-refractivity contribution in [3.63, 3.8) is 0 Å². The van der Waals surface area contributed by atoms with Crippen molar-refractivity contribution < 1.29 is 26.7 Å². The Bertz CT molecular complexity index is 1020. The van der Waals surface area contributed by atoms with Crippen molar-refractivity contribution >= 4 is 23.4 Å². The molecule has 5 nitrogen and oxygen atoms in total. The number of aliphatic imine (C=N–C) groups is 1. The molecule has 1 aliphatic carbocycles. The molecule has 2 atom stereocenters. The number of halogens is 5. The Morgan fingerprint density at radius 1 is 1.42 bits per heavy atom. The standard InChI is InChI=1S/C20H19F5N4OS/c1-10(29-18(30)14(27-2)7-13(26)17(21)22)15-5-11-8-19(9-11,31-15)12-3-4-28-16(6-12)20(23,24)25/h3-8,10,17H,9,26H2,1-2H3,(H,29,30)/b13-7-,27-14?. The molecule has 1 aromatic rings. The molecule has 2 unspecified atom stereocenters. The zero-order valence-electron chi connectivity index (χ0n) is 16.5. The largest absolute Gasteiger partial charge is 0.433 e. The number of amides is 1. The van der Waals surface area contributed by atoms with Crippen LogP contribution in [0.15, 0.2) is 57.7 Å². The van der Waals surface area contributed by atoms with E-state index in [0.717, 1.165) is 28.8 Å². The first-order chi connectivity index (χ1) is 14.4. The van der Waals surface area contributed by atoms with Gasteiger partial charge in [-0.25, -0.2) is 8.78 Å². The van der Waals surface area contributed by atoms with Gasteiger partial charge in [0.15, 0.2) is 0 Å². The first kappa shape index (κ1) is 23.0. The number of thioether (sulfide) groups is 1. The summed E-state index contributed by atoms with van der Waals surface area (Å²) in [5.41, 5.74) is 4.60. The highest BCUT2D eigenvalue weighted by Gasteiger charge is 2.45. The maximum atomic E-state index is 13.1. The molecule has 4 rings (SSSR count). The van der Waals surface area contributed by atoms with Crippen LogP contribution in [0.1, 0.15) is 24.6 Å². The summed E-state index contributed by atoms with van der Waals surface area (Å²) in [6.07, 6.45) is -1.23. The van der Waals surface area contributed by atoms with Crippen LogP contribution in [0.3, 0.4) is 0 Å². The number of nitrogens with one attached hydrogen (secondary N) is 1. The Labute approximate surface area is 179 Å². The number of nitrogens with zero attached hydrogens (tertiary/aromatic N) is 2. The Hall–Kier alpha value is -2.69. The fourth-order valence-electron chi connectivity index (χ4n) is 3.26. The van der Waals surface area contributed by atoms with E-state index in [4.69, 9.17) is 5.73 Å². The first-order valence-electron chi connectivity index (χ1n) is 9.14. The molecule has 166 valence electrons. The molecular weight excluding hydrogens is 439 g/mol. The molecule has 1 amide bonds. The van der Waals surface area contributed by atoms with Crippen molar-refractivity contribution in [3.05, 3.63) is 64.0 Å². The van der Waals surface area contributed by atoms with Crippen LogP contribution in [-0.4, -0.2) is 36.1 Å². The second-order valence-electron chi connectivity index (χ2n) is 7.11. The van der Waals surface area contributed by atoms with Gasteiger partial charge in [-0.05, 0) is 48.8 Å². The molecule has 0 radical (unpaired) electrons. The number of hydrogen-bond donors (Lipinski definition) is 2. The minimum Gasteiger partial charge on any atom is -0.397 e. The third-order valence-corrected chi connectivity index (χ3v) is 6.42. The van der Waals surface area contributed by atoms with E-state index in [1.807, 2.05) is 12.2 Å². The highest BCUT2D eigenvalue weighted by molar-refractivity contribution is 8.04. The van der Waals surface area contributed by atoms with Crippen LogP contribution in [0.2, 0.25) is 0 Å². The summed E-state index contributed by atoms with van der Waals surface area (Å²) < 4.78 is 63.7. The van der Waals surface area contributed by atoms with Crippen LogP contribution in [0, 0.1) is 0 Å². The Kier molecular flexibility index (Phi) is 6.26. The predicted octanol–water partition coefficient (Wildman–Crippen LogP) is 3.94. The average molecular weight is 458 g/mol. The van der Waals surface area contributed by atoms with Crippen molar-refractivity contribution in [2.24, 2.45) is 10.7 Å². The predicted molar refractivity (Wildman–Crippen MR) is 109 cm³/mol. The highest BCUT2D eigenvalue weighted by atomic mass is 32.2. The average Bonchev–Trinajstić information content (AvgIpc) is 2.70. The third kappa shape index (κ3) is 4.81. The van der Waals surface area contributed by atoms with E-state index in [0.29, 0.717) is 12.0 Å². The molecule has 31 heavy (non-hydrogen) atoms. The van der Waals surface area contributed by atoms with E-state index < -0.39 is 40.7 Å². The number of alkyl halides is 5. The Morgan fingerprint density at radius 3 is 2.68 bits per heavy atom. The van der Waals surface area contributed by atoms with Crippen molar-refractivity contribution in [1.82, 2.24) is 10.3 Å². The zero-order valence-corrected chi connectivity index (χ0v) is 17.3. The van der Waals surface area contributed by atoms with Gasteiger partial charge in [0.1, 0.15) is 11.4 Å². The normalized spacial score (nSPS) is 22.5. The monoisotopic (exact) mass is 458 g/mol. The minimum absolute atomic E-state index is 0.255. The lowest BCUT2D eigenvalue weighted by molar-refractivity contribution is -0.141. The van der Waals surface area contributed by atoms with E-state index in [-0.39, 0.29) is 5.71 Å². The van der Waals surface area contributed by atoms with Crippen LogP contribution in [0.5, 0.6) is 0 Å². The quantitative estimate of drug-likeness (QED) is 0.500. The van der Waals surface area contributed by atoms with Gasteiger partial charge in [0.25, 0.3) is 12.3 Å². The van der Waals surface area contributed by atoms with Gasteiger partial charge in [-0.2, -0.15) is 13.2 Å². The van der Waals surface area contributed by atoms with Crippen LogP contribution < -0.4 is 11.1 Å². The Balaban J connectivity index is 1.76. The molecule has 3 heterocycles. The molecule has 0 aromatic carbocycles. The van der Waals surface area contributed by atoms with Gasteiger partial charge in [0.2, 0.25) is 0 Å². The Morgan fingerprint density at radius 2 is 2.10 bits per heavy atom. The van der Waals surface area contributed by atoms with E-state index in [1.165, 1.54) is 18.8 Å². The number of rotatable bonds is 6. The fourth-order valence-corrected chi connectivity index (χ4v) is 4.82. The molecule has 1 aromatic heterocycles. The molecule has 0 saturated carbocycles. The van der Waals surface area contributed by atoms with Crippen molar-refractivity contribution in [2.45, 2.75) is 36.7 Å². The number of carbonyl (C=O) groups is 1. The van der Waals surface area contributed by atoms with Crippen molar-refractivity contribution in [2.75, 3.05) is 7.05 Å². The maximum absolute atomic E-state index is 13.1. The van der Waals surface area contributed by atoms with Crippen LogP contribution in [0.4, 0.5) is 22.0 Å². The second-order valence-corrected chi connectivity index (χ2v) is 8.51. The summed E-state index contributed by atoms with van der Waals surface area (Å²) in [7, 11) is 1.28. The molecular formula is C20H19F5N4OS. The van der Waals surface area contributed by atoms with E-state index in [2.05, 4.69) is 15.3 Å². The van der Waals surface area contributed by atoms with E-state index in [9.17, 15) is 26.7 Å². The number of fused-ring (bicyclic) bond motifs is 1. The lowest BCUT2D eigenvalue weighted by Crippen LogP contribution is -2.41. The SMILES string of the molecule is CN=C(/C=C(\N)C(F)F)C(=O)NC(C)C1=CC2=CC(c3ccnc(C(F)(F)F)c3)(C2)S1. The van der Waals surface area contributed by atoms with Gasteiger partial charge >= 0.3 is 6.18 Å². The summed E-state index contributed by atoms with van der Waals surface area (Å²) in [5, 5.41) is 2.67. The van der Waals surface area contributed by atoms with Gasteiger partial charge in [-0.15, -0.1) is 11.8 Å². The third-order valence-electron chi connectivity index (χ3n) is 4.86. The number of allylic oxidation sites excluding steroid dienone is 3. The number of carbonyl (C=O) groups excluding carboxylic acids is 1. The smallest absolute Gasteiger partial charge is 0.397 e. The molecule has 0 saturated heterocycles. The fraction of sp³-hybridized carbons (Fsp3) is 0.350. The maximum Gasteiger partial charge on any atom is 0.433 e. The van der Waals surface area contributed by atoms with E-state index in [1.54, 1.807) is 13.0 Å². The topological polar surface area (TPSA) is 80.4 Å². The minimum atomic E-state index is -4.55. The van der Waals surface area contributed by atoms with Gasteiger partial charge in [0.05, 0.1) is 16.5 Å². The lowest BCUT2D eigenvalue weighted by atomic mass is 9.79. The summed E-state index contributed by atoms with van der Waals surface area (Å²) in [6, 6.07) is 2.05. The van der Waals surface area contributed by atoms with E-state index >= 15 is 0 Å². The molecule has 3 N–H and O–H groups in total. The molecule has 0 fully saturated rings. The molecule has 0 spiro atoms. The highest BCUT2D eigenvalue weighted by Crippen LogP contribution is 2.58.